The summed E-state index contributed by atoms with van der Waals surface area (Å²) in [5.74, 6) is -1.24. The number of hydrogen-bond acceptors (Lipinski definition) is 10. The smallest absolute Gasteiger partial charge is 0.306 e. The first-order valence-electron chi connectivity index (χ1n) is 22.7. The van der Waals surface area contributed by atoms with E-state index in [2.05, 4.69) is 50.3 Å². The van der Waals surface area contributed by atoms with Crippen molar-refractivity contribution >= 4 is 25.5 Å². The average molecular weight is 862 g/mol. The standard InChI is InChI=1S/C48H80NO10P/c1-6-8-10-11-12-13-14-15-16-17-18-19-20-21-22-23-29-33-48(53)59-44(41-58-60(54,55)57-39-38-49(3,4)5)40-56-47(52)32-28-25-24-27-30-42-34-37-46(51)45(42)36-35-43(50)31-26-9-7-2/h12-13,15-16,18-19,24,27,34-37,42-45,50H,6-11,14,17,20-23,25-26,28-33,38-41H2,1-5H3/b13-12-,16-15-,19-18-,27-24-,36-35+/t42-,43-,44+,45+/m0/s1. The maximum absolute atomic E-state index is 12.7. The zero-order chi connectivity index (χ0) is 44.3. The van der Waals surface area contributed by atoms with Gasteiger partial charge in [-0.2, -0.15) is 0 Å². The maximum atomic E-state index is 12.7. The number of esters is 2. The first kappa shape index (κ1) is 55.1. The summed E-state index contributed by atoms with van der Waals surface area (Å²) in [7, 11) is 1.03. The molecule has 11 nitrogen and oxygen atoms in total. The Labute approximate surface area is 363 Å². The van der Waals surface area contributed by atoms with E-state index < -0.39 is 38.6 Å². The molecule has 0 saturated carbocycles. The van der Waals surface area contributed by atoms with Gasteiger partial charge in [0.2, 0.25) is 0 Å². The molecule has 1 rings (SSSR count). The molecule has 0 aromatic carbocycles. The fraction of sp³-hybridized carbons (Fsp3) is 0.688. The Balaban J connectivity index is 2.47. The highest BCUT2D eigenvalue weighted by Gasteiger charge is 2.27. The Hall–Kier alpha value is -2.92. The van der Waals surface area contributed by atoms with E-state index >= 15 is 0 Å². The molecule has 0 saturated heterocycles. The molecule has 0 aliphatic heterocycles. The van der Waals surface area contributed by atoms with Crippen LogP contribution in [0.1, 0.15) is 142 Å². The second kappa shape index (κ2) is 34.6. The van der Waals surface area contributed by atoms with Crippen molar-refractivity contribution in [1.29, 1.82) is 0 Å². The third-order valence-electron chi connectivity index (χ3n) is 9.95. The summed E-state index contributed by atoms with van der Waals surface area (Å²) >= 11 is 0. The second-order valence-electron chi connectivity index (χ2n) is 16.7. The quantitative estimate of drug-likeness (QED) is 0.0210. The predicted octanol–water partition coefficient (Wildman–Crippen LogP) is 10.0. The van der Waals surface area contributed by atoms with Crippen LogP contribution in [-0.2, 0) is 37.5 Å². The summed E-state index contributed by atoms with van der Waals surface area (Å²) in [4.78, 5) is 50.1. The zero-order valence-corrected chi connectivity index (χ0v) is 38.6. The van der Waals surface area contributed by atoms with Crippen molar-refractivity contribution in [2.75, 3.05) is 47.5 Å². The summed E-state index contributed by atoms with van der Waals surface area (Å²) in [5.41, 5.74) is 0. The van der Waals surface area contributed by atoms with Crippen LogP contribution in [-0.4, -0.2) is 87.0 Å². The lowest BCUT2D eigenvalue weighted by molar-refractivity contribution is -0.870. The van der Waals surface area contributed by atoms with Crippen LogP contribution < -0.4 is 4.89 Å². The van der Waals surface area contributed by atoms with Gasteiger partial charge < -0.3 is 33.0 Å². The molecule has 5 atom stereocenters. The fourth-order valence-corrected chi connectivity index (χ4v) is 6.97. The number of allylic oxidation sites excluding steroid dienone is 11. The van der Waals surface area contributed by atoms with Crippen LogP contribution in [0.25, 0.3) is 0 Å². The Morgan fingerprint density at radius 2 is 1.38 bits per heavy atom. The van der Waals surface area contributed by atoms with E-state index in [-0.39, 0.29) is 43.7 Å². The molecule has 60 heavy (non-hydrogen) atoms. The fourth-order valence-electron chi connectivity index (χ4n) is 6.24. The van der Waals surface area contributed by atoms with Gasteiger partial charge >= 0.3 is 11.9 Å². The lowest BCUT2D eigenvalue weighted by Crippen LogP contribution is -2.37. The van der Waals surface area contributed by atoms with Gasteiger partial charge in [-0.05, 0) is 82.6 Å². The summed E-state index contributed by atoms with van der Waals surface area (Å²) in [6.45, 7) is 3.82. The van der Waals surface area contributed by atoms with Gasteiger partial charge in [0.25, 0.3) is 7.82 Å². The molecule has 1 aliphatic rings. The minimum Gasteiger partial charge on any atom is -0.756 e. The molecule has 0 aromatic rings. The number of hydrogen-bond donors (Lipinski definition) is 1. The topological polar surface area (TPSA) is 148 Å². The van der Waals surface area contributed by atoms with Crippen LogP contribution in [0.5, 0.6) is 0 Å². The minimum absolute atomic E-state index is 0.0232. The number of phosphoric acid groups is 1. The van der Waals surface area contributed by atoms with Crippen molar-refractivity contribution in [1.82, 2.24) is 0 Å². The number of aliphatic hydroxyl groups is 1. The number of phosphoric ester groups is 1. The number of nitrogens with zero attached hydrogens (tertiary/aromatic N) is 1. The van der Waals surface area contributed by atoms with Gasteiger partial charge in [-0.1, -0.05) is 126 Å². The Kier molecular flexibility index (Phi) is 31.8. The number of carbonyl (C=O) groups excluding carboxylic acids is 3. The first-order valence-corrected chi connectivity index (χ1v) is 24.2. The van der Waals surface area contributed by atoms with E-state index in [9.17, 15) is 28.9 Å². The van der Waals surface area contributed by atoms with Crippen LogP contribution in [0.4, 0.5) is 0 Å². The van der Waals surface area contributed by atoms with E-state index in [0.29, 0.717) is 43.1 Å². The molecule has 0 fully saturated rings. The number of quaternary nitrogens is 1. The van der Waals surface area contributed by atoms with Crippen molar-refractivity contribution in [3.8, 4) is 0 Å². The number of ketones is 1. The molecule has 0 radical (unpaired) electrons. The van der Waals surface area contributed by atoms with E-state index in [4.69, 9.17) is 18.5 Å². The second-order valence-corrected chi connectivity index (χ2v) is 18.1. The maximum Gasteiger partial charge on any atom is 0.306 e. The van der Waals surface area contributed by atoms with Crippen molar-refractivity contribution in [3.05, 3.63) is 72.9 Å². The number of rotatable bonds is 37. The third-order valence-corrected chi connectivity index (χ3v) is 10.9. The lowest BCUT2D eigenvalue weighted by atomic mass is 9.90. The Bertz CT molecular complexity index is 1400. The number of likely N-dealkylation sites (N-methyl/N-ethyl adjacent to an activating group) is 1. The van der Waals surface area contributed by atoms with Crippen LogP contribution in [0.15, 0.2) is 72.9 Å². The van der Waals surface area contributed by atoms with Crippen LogP contribution in [0.3, 0.4) is 0 Å². The molecular weight excluding hydrogens is 781 g/mol. The molecular formula is C48H80NO10P. The largest absolute Gasteiger partial charge is 0.756 e. The number of aliphatic hydroxyl groups excluding tert-OH is 1. The normalized spacial score (nSPS) is 18.1. The van der Waals surface area contributed by atoms with E-state index in [1.807, 2.05) is 45.4 Å². The molecule has 1 aliphatic carbocycles. The van der Waals surface area contributed by atoms with Gasteiger partial charge in [-0.25, -0.2) is 0 Å². The van der Waals surface area contributed by atoms with Gasteiger partial charge in [0, 0.05) is 18.8 Å². The van der Waals surface area contributed by atoms with Crippen LogP contribution in [0.2, 0.25) is 0 Å². The molecule has 0 aromatic heterocycles. The highest BCUT2D eigenvalue weighted by Crippen LogP contribution is 2.38. The summed E-state index contributed by atoms with van der Waals surface area (Å²) in [6, 6.07) is 0. The molecule has 1 N–H and O–H groups in total. The van der Waals surface area contributed by atoms with Crippen LogP contribution >= 0.6 is 7.82 Å². The zero-order valence-electron chi connectivity index (χ0n) is 37.7. The summed E-state index contributed by atoms with van der Waals surface area (Å²) < 4.78 is 33.8. The van der Waals surface area contributed by atoms with Crippen molar-refractivity contribution in [3.63, 3.8) is 0 Å². The predicted molar refractivity (Wildman–Crippen MR) is 240 cm³/mol. The minimum atomic E-state index is -4.69. The van der Waals surface area contributed by atoms with E-state index in [1.54, 1.807) is 12.2 Å². The number of carbonyl (C=O) groups is 3. The van der Waals surface area contributed by atoms with Gasteiger partial charge in [0.05, 0.1) is 33.9 Å². The van der Waals surface area contributed by atoms with Crippen molar-refractivity contribution in [2.24, 2.45) is 11.8 Å². The summed E-state index contributed by atoms with van der Waals surface area (Å²) in [5, 5.41) is 10.2. The average Bonchev–Trinajstić information content (AvgIpc) is 3.55. The van der Waals surface area contributed by atoms with Crippen molar-refractivity contribution in [2.45, 2.75) is 154 Å². The molecule has 0 spiro atoms. The molecule has 342 valence electrons. The van der Waals surface area contributed by atoms with Gasteiger partial charge in [-0.3, -0.25) is 18.9 Å². The van der Waals surface area contributed by atoms with E-state index in [1.165, 1.54) is 19.3 Å². The van der Waals surface area contributed by atoms with Gasteiger partial charge in [0.15, 0.2) is 11.9 Å². The van der Waals surface area contributed by atoms with Gasteiger partial charge in [0.1, 0.15) is 19.8 Å². The number of unbranched alkanes of at least 4 members (excludes halogenated alkanes) is 10. The van der Waals surface area contributed by atoms with Crippen molar-refractivity contribution < 1.29 is 52.0 Å². The molecule has 0 amide bonds. The van der Waals surface area contributed by atoms with Gasteiger partial charge in [-0.15, -0.1) is 0 Å². The Morgan fingerprint density at radius 3 is 2.07 bits per heavy atom. The summed E-state index contributed by atoms with van der Waals surface area (Å²) in [6.07, 6.45) is 39.8. The highest BCUT2D eigenvalue weighted by molar-refractivity contribution is 7.45. The first-order chi connectivity index (χ1) is 28.8. The molecule has 0 bridgehead atoms. The monoisotopic (exact) mass is 862 g/mol. The van der Waals surface area contributed by atoms with Crippen LogP contribution in [0, 0.1) is 11.8 Å². The number of ether oxygens (including phenoxy) is 2. The lowest BCUT2D eigenvalue weighted by Gasteiger charge is -2.28. The highest BCUT2D eigenvalue weighted by atomic mass is 31.2. The van der Waals surface area contributed by atoms with E-state index in [0.717, 1.165) is 64.2 Å². The Morgan fingerprint density at radius 1 is 0.783 bits per heavy atom. The molecule has 1 unspecified atom stereocenters. The SMILES string of the molecule is CCCCC/C=C\C/C=C\C/C=C\CCCCCCC(=O)O[C@H](COC(=O)CCC/C=C\C[C@H]1C=CC(=O)[C@@H]1/C=C/[C@@H](O)CCCCC)COP(=O)([O-])OCC[N+](C)(C)C. The molecule has 0 heterocycles. The third kappa shape index (κ3) is 31.9. The molecule has 12 heteroatoms.